The van der Waals surface area contributed by atoms with Crippen molar-refractivity contribution in [1.29, 1.82) is 0 Å². The first-order valence-electron chi connectivity index (χ1n) is 8.56. The Bertz CT molecular complexity index is 951. The van der Waals surface area contributed by atoms with Crippen molar-refractivity contribution in [2.75, 3.05) is 7.05 Å². The van der Waals surface area contributed by atoms with E-state index in [9.17, 15) is 14.7 Å². The summed E-state index contributed by atoms with van der Waals surface area (Å²) in [5.41, 5.74) is 2.60. The molecule has 1 aromatic carbocycles. The normalized spacial score (nSPS) is 25.1. The van der Waals surface area contributed by atoms with Gasteiger partial charge in [0.1, 0.15) is 11.3 Å². The molecule has 2 heterocycles. The number of nitrogens with one attached hydrogen (secondary N) is 1. The molecular formula is C20H22N2O3. The molecule has 0 saturated heterocycles. The Kier molecular flexibility index (Phi) is 3.17. The number of allylic oxidation sites excluding steroid dienone is 1. The summed E-state index contributed by atoms with van der Waals surface area (Å²) in [7, 11) is 1.72. The molecule has 0 spiro atoms. The van der Waals surface area contributed by atoms with E-state index in [1.807, 2.05) is 32.2 Å². The number of carbonyl (C=O) groups excluding carboxylic acids is 2. The Morgan fingerprint density at radius 3 is 2.76 bits per heavy atom. The molecule has 0 unspecified atom stereocenters. The number of amides is 1. The molecule has 0 saturated carbocycles. The number of rotatable bonds is 1. The van der Waals surface area contributed by atoms with Crippen LogP contribution in [0.5, 0.6) is 0 Å². The summed E-state index contributed by atoms with van der Waals surface area (Å²) >= 11 is 0. The smallest absolute Gasteiger partial charge is 0.261 e. The Hall–Kier alpha value is -2.56. The van der Waals surface area contributed by atoms with Crippen LogP contribution in [0.25, 0.3) is 10.9 Å². The van der Waals surface area contributed by atoms with Gasteiger partial charge in [-0.25, -0.2) is 0 Å². The number of aliphatic hydroxyl groups excluding tert-OH is 1. The van der Waals surface area contributed by atoms with Gasteiger partial charge in [0.2, 0.25) is 0 Å². The number of aliphatic hydroxyl groups is 1. The van der Waals surface area contributed by atoms with Gasteiger partial charge in [-0.3, -0.25) is 9.59 Å². The molecular weight excluding hydrogens is 316 g/mol. The number of aromatic nitrogens is 1. The summed E-state index contributed by atoms with van der Waals surface area (Å²) in [6, 6.07) is 6.13. The van der Waals surface area contributed by atoms with Crippen LogP contribution in [-0.2, 0) is 16.0 Å². The highest BCUT2D eigenvalue weighted by atomic mass is 16.3. The molecule has 4 rings (SSSR count). The predicted octanol–water partition coefficient (Wildman–Crippen LogP) is 3.08. The zero-order valence-corrected chi connectivity index (χ0v) is 14.9. The number of ketones is 1. The Labute approximate surface area is 146 Å². The number of hydrogen-bond donors (Lipinski definition) is 2. The summed E-state index contributed by atoms with van der Waals surface area (Å²) in [4.78, 5) is 29.9. The number of hydrogen-bond acceptors (Lipinski definition) is 3. The summed E-state index contributed by atoms with van der Waals surface area (Å²) < 4.78 is 0. The van der Waals surface area contributed by atoms with Crippen molar-refractivity contribution < 1.29 is 14.7 Å². The van der Waals surface area contributed by atoms with Crippen LogP contribution in [0.4, 0.5) is 0 Å². The SMILES string of the molecule is CC(=O)C1=C(O)[C@H]2c3c[nH]c4cccc(c34)C[C@H]2C(C)(C)N(C)C1=O. The van der Waals surface area contributed by atoms with Crippen LogP contribution >= 0.6 is 0 Å². The average molecular weight is 338 g/mol. The zero-order valence-electron chi connectivity index (χ0n) is 14.9. The molecule has 1 aliphatic heterocycles. The van der Waals surface area contributed by atoms with Crippen molar-refractivity contribution in [2.45, 2.75) is 38.6 Å². The molecule has 2 atom stereocenters. The van der Waals surface area contributed by atoms with Gasteiger partial charge in [-0.15, -0.1) is 0 Å². The molecule has 2 aliphatic rings. The molecule has 1 amide bonds. The first kappa shape index (κ1) is 15.9. The lowest BCUT2D eigenvalue weighted by atomic mass is 9.67. The largest absolute Gasteiger partial charge is 0.511 e. The Balaban J connectivity index is 2.06. The maximum absolute atomic E-state index is 12.9. The third-order valence-electron chi connectivity index (χ3n) is 6.19. The van der Waals surface area contributed by atoms with Crippen molar-refractivity contribution in [3.8, 4) is 0 Å². The van der Waals surface area contributed by atoms with E-state index in [0.717, 1.165) is 22.9 Å². The molecule has 5 nitrogen and oxygen atoms in total. The van der Waals surface area contributed by atoms with Crippen molar-refractivity contribution in [1.82, 2.24) is 9.88 Å². The second kappa shape index (κ2) is 4.97. The first-order valence-corrected chi connectivity index (χ1v) is 8.56. The van der Waals surface area contributed by atoms with Crippen LogP contribution in [0, 0.1) is 5.92 Å². The summed E-state index contributed by atoms with van der Waals surface area (Å²) in [6.45, 7) is 5.36. The molecule has 25 heavy (non-hydrogen) atoms. The minimum Gasteiger partial charge on any atom is -0.511 e. The predicted molar refractivity (Wildman–Crippen MR) is 95.4 cm³/mol. The lowest BCUT2D eigenvalue weighted by molar-refractivity contribution is -0.133. The van der Waals surface area contributed by atoms with Crippen LogP contribution in [-0.4, -0.2) is 39.3 Å². The highest BCUT2D eigenvalue weighted by molar-refractivity contribution is 6.19. The number of aromatic amines is 1. The standard InChI is InChI=1S/C20H22N2O3/c1-10(23)15-18(24)17-12-9-21-14-7-5-6-11(16(12)14)8-13(17)20(2,3)22(4)19(15)25/h5-7,9,13,17,21,24H,8H2,1-4H3/t13-,17+/m1/s1. The van der Waals surface area contributed by atoms with E-state index in [-0.39, 0.29) is 23.2 Å². The lowest BCUT2D eigenvalue weighted by Gasteiger charge is -2.45. The van der Waals surface area contributed by atoms with E-state index >= 15 is 0 Å². The Morgan fingerprint density at radius 2 is 2.08 bits per heavy atom. The molecule has 130 valence electrons. The van der Waals surface area contributed by atoms with E-state index in [2.05, 4.69) is 11.1 Å². The van der Waals surface area contributed by atoms with Gasteiger partial charge in [0.25, 0.3) is 5.91 Å². The third-order valence-corrected chi connectivity index (χ3v) is 6.19. The number of nitrogens with zero attached hydrogens (tertiary/aromatic N) is 1. The maximum Gasteiger partial charge on any atom is 0.261 e. The number of Topliss-reactive ketones (excluding diaryl/α,β-unsaturated/α-hetero) is 1. The number of benzene rings is 1. The summed E-state index contributed by atoms with van der Waals surface area (Å²) in [5, 5.41) is 12.1. The molecule has 0 fully saturated rings. The van der Waals surface area contributed by atoms with Gasteiger partial charge in [-0.1, -0.05) is 12.1 Å². The van der Waals surface area contributed by atoms with E-state index in [1.165, 1.54) is 12.5 Å². The van der Waals surface area contributed by atoms with Gasteiger partial charge in [0.15, 0.2) is 5.78 Å². The van der Waals surface area contributed by atoms with E-state index in [0.29, 0.717) is 0 Å². The van der Waals surface area contributed by atoms with Gasteiger partial charge < -0.3 is 15.0 Å². The van der Waals surface area contributed by atoms with Gasteiger partial charge in [0.05, 0.1) is 0 Å². The molecule has 2 N–H and O–H groups in total. The van der Waals surface area contributed by atoms with Crippen LogP contribution in [0.15, 0.2) is 35.7 Å². The van der Waals surface area contributed by atoms with Crippen LogP contribution in [0.3, 0.4) is 0 Å². The monoisotopic (exact) mass is 338 g/mol. The van der Waals surface area contributed by atoms with Gasteiger partial charge in [-0.2, -0.15) is 0 Å². The zero-order chi connectivity index (χ0) is 18.1. The number of carbonyl (C=O) groups is 2. The molecule has 2 aromatic rings. The Morgan fingerprint density at radius 1 is 1.36 bits per heavy atom. The fraction of sp³-hybridized carbons (Fsp3) is 0.400. The molecule has 5 heteroatoms. The van der Waals surface area contributed by atoms with Crippen molar-refractivity contribution in [2.24, 2.45) is 5.92 Å². The summed E-state index contributed by atoms with van der Waals surface area (Å²) in [6.07, 6.45) is 2.65. The minimum atomic E-state index is -0.510. The van der Waals surface area contributed by atoms with E-state index < -0.39 is 17.2 Å². The minimum absolute atomic E-state index is 0.0211. The first-order chi connectivity index (χ1) is 11.7. The fourth-order valence-corrected chi connectivity index (χ4v) is 4.55. The van der Waals surface area contributed by atoms with Gasteiger partial charge in [-0.05, 0) is 50.3 Å². The van der Waals surface area contributed by atoms with Crippen LogP contribution in [0.2, 0.25) is 0 Å². The second-order valence-corrected chi connectivity index (χ2v) is 7.71. The third kappa shape index (κ3) is 1.95. The van der Waals surface area contributed by atoms with Gasteiger partial charge in [0, 0.05) is 35.6 Å². The second-order valence-electron chi connectivity index (χ2n) is 7.71. The van der Waals surface area contributed by atoms with E-state index in [4.69, 9.17) is 0 Å². The van der Waals surface area contributed by atoms with Crippen LogP contribution in [0.1, 0.15) is 37.8 Å². The molecule has 1 aromatic heterocycles. The molecule has 1 aliphatic carbocycles. The van der Waals surface area contributed by atoms with Crippen molar-refractivity contribution >= 4 is 22.6 Å². The fourth-order valence-electron chi connectivity index (χ4n) is 4.55. The quantitative estimate of drug-likeness (QED) is 0.785. The number of likely N-dealkylation sites (N-methyl/N-ethyl adjacent to an activating group) is 1. The average Bonchev–Trinajstić information content (AvgIpc) is 2.97. The maximum atomic E-state index is 12.9. The lowest BCUT2D eigenvalue weighted by Crippen LogP contribution is -2.52. The molecule has 0 bridgehead atoms. The van der Waals surface area contributed by atoms with Crippen molar-refractivity contribution in [3.05, 3.63) is 46.9 Å². The highest BCUT2D eigenvalue weighted by Gasteiger charge is 2.50. The number of H-pyrrole nitrogens is 1. The van der Waals surface area contributed by atoms with Crippen LogP contribution < -0.4 is 0 Å². The van der Waals surface area contributed by atoms with E-state index in [1.54, 1.807) is 11.9 Å². The summed E-state index contributed by atoms with van der Waals surface area (Å²) in [5.74, 6) is -1.27. The molecule has 0 radical (unpaired) electrons. The topological polar surface area (TPSA) is 73.4 Å². The van der Waals surface area contributed by atoms with Gasteiger partial charge >= 0.3 is 0 Å². The highest BCUT2D eigenvalue weighted by Crippen LogP contribution is 2.50. The number of fused-ring (bicyclic) bond motifs is 2. The van der Waals surface area contributed by atoms with Crippen molar-refractivity contribution in [3.63, 3.8) is 0 Å².